The Labute approximate surface area is 120 Å². The molecule has 0 bridgehead atoms. The Kier molecular flexibility index (Phi) is 11.0. The Morgan fingerprint density at radius 2 is 2.00 bits per heavy atom. The number of amides is 1. The van der Waals surface area contributed by atoms with Gasteiger partial charge in [-0.3, -0.25) is 4.79 Å². The highest BCUT2D eigenvalue weighted by Crippen LogP contribution is 2.05. The lowest BCUT2D eigenvalue weighted by molar-refractivity contribution is -0.139. The fourth-order valence-corrected chi connectivity index (χ4v) is 1.40. The second kappa shape index (κ2) is 12.1. The highest BCUT2D eigenvalue weighted by atomic mass is 16.5. The van der Waals surface area contributed by atoms with Crippen molar-refractivity contribution in [3.8, 4) is 0 Å². The van der Waals surface area contributed by atoms with Gasteiger partial charge in [0, 0.05) is 11.6 Å². The van der Waals surface area contributed by atoms with E-state index >= 15 is 0 Å². The van der Waals surface area contributed by atoms with E-state index in [1.54, 1.807) is 6.08 Å². The lowest BCUT2D eigenvalue weighted by atomic mass is 10.2. The van der Waals surface area contributed by atoms with E-state index in [1.807, 2.05) is 6.92 Å². The van der Waals surface area contributed by atoms with Crippen LogP contribution in [0.15, 0.2) is 35.4 Å². The lowest BCUT2D eigenvalue weighted by Crippen LogP contribution is -2.08. The molecule has 1 amide bonds. The van der Waals surface area contributed by atoms with Crippen LogP contribution in [0, 0.1) is 0 Å². The van der Waals surface area contributed by atoms with Crippen molar-refractivity contribution in [1.82, 2.24) is 0 Å². The van der Waals surface area contributed by atoms with Crippen LogP contribution >= 0.6 is 0 Å². The van der Waals surface area contributed by atoms with Gasteiger partial charge in [0.2, 0.25) is 0 Å². The van der Waals surface area contributed by atoms with Crippen LogP contribution in [-0.2, 0) is 14.3 Å². The van der Waals surface area contributed by atoms with E-state index < -0.39 is 5.91 Å². The van der Waals surface area contributed by atoms with Gasteiger partial charge in [0.25, 0.3) is 5.91 Å². The molecule has 0 aliphatic rings. The molecule has 0 N–H and O–H groups in total. The van der Waals surface area contributed by atoms with Gasteiger partial charge in [0.15, 0.2) is 0 Å². The Morgan fingerprint density at radius 3 is 2.60 bits per heavy atom. The number of allylic oxidation sites excluding steroid dienone is 2. The molecule has 0 saturated heterocycles. The van der Waals surface area contributed by atoms with Crippen molar-refractivity contribution in [1.29, 1.82) is 0 Å². The first kappa shape index (κ1) is 18.1. The van der Waals surface area contributed by atoms with Gasteiger partial charge in [-0.25, -0.2) is 4.79 Å². The smallest absolute Gasteiger partial charge is 0.334 e. The van der Waals surface area contributed by atoms with Crippen molar-refractivity contribution in [3.63, 3.8) is 0 Å². The summed E-state index contributed by atoms with van der Waals surface area (Å²) in [5.41, 5.74) is 0.536. The molecule has 0 aromatic rings. The number of nitrogens with zero attached hydrogens (tertiary/aromatic N) is 1. The highest BCUT2D eigenvalue weighted by Gasteiger charge is 2.07. The van der Waals surface area contributed by atoms with Gasteiger partial charge in [-0.15, -0.1) is 0 Å². The number of unbranched alkanes of at least 4 members (excludes halogenated alkanes) is 3. The lowest BCUT2D eigenvalue weighted by Gasteiger charge is -2.05. The summed E-state index contributed by atoms with van der Waals surface area (Å²) >= 11 is 0. The van der Waals surface area contributed by atoms with Crippen molar-refractivity contribution in [2.45, 2.75) is 46.0 Å². The SMILES string of the molecule is C=CC(=O)N=C=C/C=C(\CC)C(=O)OCCCCCC. The van der Waals surface area contributed by atoms with Gasteiger partial charge >= 0.3 is 5.97 Å². The van der Waals surface area contributed by atoms with Crippen molar-refractivity contribution >= 4 is 17.7 Å². The number of hydrogen-bond donors (Lipinski definition) is 0. The largest absolute Gasteiger partial charge is 0.462 e. The number of esters is 1. The number of carbonyl (C=O) groups excluding carboxylic acids is 2. The quantitative estimate of drug-likeness (QED) is 0.213. The molecule has 0 aromatic heterocycles. The van der Waals surface area contributed by atoms with Crippen molar-refractivity contribution < 1.29 is 14.3 Å². The second-order valence-electron chi connectivity index (χ2n) is 4.19. The zero-order valence-corrected chi connectivity index (χ0v) is 12.4. The van der Waals surface area contributed by atoms with Gasteiger partial charge in [0.1, 0.15) is 0 Å². The van der Waals surface area contributed by atoms with E-state index in [9.17, 15) is 9.59 Å². The molecule has 0 aliphatic carbocycles. The summed E-state index contributed by atoms with van der Waals surface area (Å²) in [7, 11) is 0. The van der Waals surface area contributed by atoms with E-state index in [1.165, 1.54) is 6.08 Å². The third-order valence-electron chi connectivity index (χ3n) is 2.58. The summed E-state index contributed by atoms with van der Waals surface area (Å²) in [5.74, 6) is 1.65. The molecule has 0 aliphatic heterocycles. The van der Waals surface area contributed by atoms with E-state index in [4.69, 9.17) is 4.74 Å². The Hall–Kier alpha value is -1.93. The average molecular weight is 277 g/mol. The average Bonchev–Trinajstić information content (AvgIpc) is 2.46. The fraction of sp³-hybridized carbons (Fsp3) is 0.500. The van der Waals surface area contributed by atoms with Gasteiger partial charge in [-0.2, -0.15) is 4.99 Å². The van der Waals surface area contributed by atoms with E-state index in [-0.39, 0.29) is 5.97 Å². The van der Waals surface area contributed by atoms with Crippen LogP contribution in [0.25, 0.3) is 0 Å². The molecule has 0 fully saturated rings. The van der Waals surface area contributed by atoms with Gasteiger partial charge in [-0.1, -0.05) is 39.7 Å². The maximum atomic E-state index is 11.7. The molecule has 0 heterocycles. The molecule has 0 spiro atoms. The molecule has 0 rings (SSSR count). The first-order chi connectivity index (χ1) is 9.65. The molecule has 4 heteroatoms. The Morgan fingerprint density at radius 1 is 1.25 bits per heavy atom. The maximum Gasteiger partial charge on any atom is 0.334 e. The van der Waals surface area contributed by atoms with Gasteiger partial charge in [0.05, 0.1) is 6.61 Å². The maximum absolute atomic E-state index is 11.7. The summed E-state index contributed by atoms with van der Waals surface area (Å²) in [6, 6.07) is 0. The summed E-state index contributed by atoms with van der Waals surface area (Å²) < 4.78 is 5.17. The van der Waals surface area contributed by atoms with Gasteiger partial charge < -0.3 is 4.74 Å². The fourth-order valence-electron chi connectivity index (χ4n) is 1.40. The van der Waals surface area contributed by atoms with Crippen molar-refractivity contribution in [2.24, 2.45) is 4.99 Å². The molecule has 0 radical (unpaired) electrons. The molecule has 0 atom stereocenters. The number of aliphatic imine (C=N–C) groups is 1. The van der Waals surface area contributed by atoms with Crippen LogP contribution in [-0.4, -0.2) is 24.4 Å². The molecule has 20 heavy (non-hydrogen) atoms. The third kappa shape index (κ3) is 9.06. The standard InChI is InChI=1S/C16H23NO3/c1-4-7-8-9-13-20-16(19)14(5-2)11-10-12-17-15(18)6-3/h6,10-11H,3-5,7-9,13H2,1-2H3/b14-11+. The van der Waals surface area contributed by atoms with Crippen LogP contribution < -0.4 is 0 Å². The second-order valence-corrected chi connectivity index (χ2v) is 4.19. The number of rotatable bonds is 9. The predicted octanol–water partition coefficient (Wildman–Crippen LogP) is 3.38. The summed E-state index contributed by atoms with van der Waals surface area (Å²) in [6.07, 6.45) is 8.92. The van der Waals surface area contributed by atoms with E-state index in [0.717, 1.165) is 31.8 Å². The number of ether oxygens (including phenoxy) is 1. The minimum atomic E-state index is -0.466. The zero-order chi connectivity index (χ0) is 15.2. The van der Waals surface area contributed by atoms with E-state index in [0.29, 0.717) is 18.6 Å². The first-order valence-electron chi connectivity index (χ1n) is 6.97. The van der Waals surface area contributed by atoms with Crippen molar-refractivity contribution in [2.75, 3.05) is 6.61 Å². The predicted molar refractivity (Wildman–Crippen MR) is 80.7 cm³/mol. The van der Waals surface area contributed by atoms with Crippen LogP contribution in [0.5, 0.6) is 0 Å². The minimum Gasteiger partial charge on any atom is -0.462 e. The number of hydrogen-bond acceptors (Lipinski definition) is 3. The Bertz CT molecular complexity index is 415. The molecule has 0 saturated carbocycles. The van der Waals surface area contributed by atoms with Gasteiger partial charge in [-0.05, 0) is 30.9 Å². The molecule has 110 valence electrons. The van der Waals surface area contributed by atoms with Crippen LogP contribution in [0.3, 0.4) is 0 Å². The van der Waals surface area contributed by atoms with Crippen LogP contribution in [0.4, 0.5) is 0 Å². The highest BCUT2D eigenvalue weighted by molar-refractivity contribution is 5.93. The molecular formula is C16H23NO3. The minimum absolute atomic E-state index is 0.322. The topological polar surface area (TPSA) is 55.7 Å². The first-order valence-corrected chi connectivity index (χ1v) is 6.97. The van der Waals surface area contributed by atoms with E-state index in [2.05, 4.69) is 24.4 Å². The summed E-state index contributed by atoms with van der Waals surface area (Å²) in [5, 5.41) is 0. The van der Waals surface area contributed by atoms with Crippen LogP contribution in [0.2, 0.25) is 0 Å². The molecule has 0 unspecified atom stereocenters. The zero-order valence-electron chi connectivity index (χ0n) is 12.4. The summed E-state index contributed by atoms with van der Waals surface area (Å²) in [4.78, 5) is 26.0. The normalized spacial score (nSPS) is 10.4. The third-order valence-corrected chi connectivity index (χ3v) is 2.58. The molecule has 0 aromatic carbocycles. The van der Waals surface area contributed by atoms with Crippen LogP contribution in [0.1, 0.15) is 46.0 Å². The van der Waals surface area contributed by atoms with Crippen molar-refractivity contribution in [3.05, 3.63) is 30.4 Å². The molecule has 4 nitrogen and oxygen atoms in total. The monoisotopic (exact) mass is 277 g/mol. The molecular weight excluding hydrogens is 254 g/mol. The number of carbonyl (C=O) groups is 2. The summed E-state index contributed by atoms with van der Waals surface area (Å²) in [6.45, 7) is 7.73. The Balaban J connectivity index is 4.29.